The Morgan fingerprint density at radius 2 is 2.19 bits per heavy atom. The number of ether oxygens (including phenoxy) is 2. The van der Waals surface area contributed by atoms with Gasteiger partial charge in [0.1, 0.15) is 5.75 Å². The molecule has 0 aliphatic carbocycles. The summed E-state index contributed by atoms with van der Waals surface area (Å²) in [5.74, 6) is 0.345. The minimum Gasteiger partial charge on any atom is -0.479 e. The third-order valence-electron chi connectivity index (χ3n) is 2.87. The summed E-state index contributed by atoms with van der Waals surface area (Å²) in [7, 11) is 3.50. The van der Waals surface area contributed by atoms with E-state index in [0.717, 1.165) is 18.5 Å². The van der Waals surface area contributed by atoms with Gasteiger partial charge in [-0.15, -0.1) is 0 Å². The summed E-state index contributed by atoms with van der Waals surface area (Å²) in [5.41, 5.74) is 1.06. The lowest BCUT2D eigenvalue weighted by Crippen LogP contribution is -2.37. The van der Waals surface area contributed by atoms with Crippen molar-refractivity contribution in [2.75, 3.05) is 27.3 Å². The zero-order chi connectivity index (χ0) is 15.7. The lowest BCUT2D eigenvalue weighted by Gasteiger charge is -2.16. The van der Waals surface area contributed by atoms with E-state index in [-0.39, 0.29) is 5.91 Å². The number of methoxy groups -OCH3 is 1. The normalized spacial score (nSPS) is 12.0. The standard InChI is InChI=1S/C15H23ClN2O3/c1-11(15(19)18-7-4-8-20-3)21-14-6-5-12(10-17-2)9-13(14)16/h5-6,9,11,17H,4,7-8,10H2,1-3H3,(H,18,19). The van der Waals surface area contributed by atoms with E-state index in [4.69, 9.17) is 21.1 Å². The SMILES string of the molecule is CNCc1ccc(OC(C)C(=O)NCCCOC)c(Cl)c1. The molecule has 1 rings (SSSR count). The van der Waals surface area contributed by atoms with Crippen molar-refractivity contribution in [3.63, 3.8) is 0 Å². The summed E-state index contributed by atoms with van der Waals surface area (Å²) in [6, 6.07) is 5.53. The van der Waals surface area contributed by atoms with Gasteiger partial charge in [-0.3, -0.25) is 4.79 Å². The first kappa shape index (κ1) is 17.8. The van der Waals surface area contributed by atoms with Crippen LogP contribution in [-0.4, -0.2) is 39.3 Å². The van der Waals surface area contributed by atoms with Crippen molar-refractivity contribution >= 4 is 17.5 Å². The van der Waals surface area contributed by atoms with Crippen molar-refractivity contribution in [3.8, 4) is 5.75 Å². The van der Waals surface area contributed by atoms with Crippen LogP contribution in [0.2, 0.25) is 5.02 Å². The van der Waals surface area contributed by atoms with Gasteiger partial charge in [0.05, 0.1) is 5.02 Å². The maximum Gasteiger partial charge on any atom is 0.260 e. The topological polar surface area (TPSA) is 59.6 Å². The van der Waals surface area contributed by atoms with Crippen LogP contribution in [0.25, 0.3) is 0 Å². The first-order valence-corrected chi connectivity index (χ1v) is 7.32. The van der Waals surface area contributed by atoms with Gasteiger partial charge in [0.2, 0.25) is 0 Å². The van der Waals surface area contributed by atoms with E-state index < -0.39 is 6.10 Å². The third-order valence-corrected chi connectivity index (χ3v) is 3.17. The summed E-state index contributed by atoms with van der Waals surface area (Å²) in [6.45, 7) is 3.61. The van der Waals surface area contributed by atoms with E-state index in [0.29, 0.717) is 23.9 Å². The van der Waals surface area contributed by atoms with Crippen LogP contribution in [0.15, 0.2) is 18.2 Å². The van der Waals surface area contributed by atoms with E-state index >= 15 is 0 Å². The number of hydrogen-bond acceptors (Lipinski definition) is 4. The molecule has 1 amide bonds. The number of benzene rings is 1. The van der Waals surface area contributed by atoms with Gasteiger partial charge < -0.3 is 20.1 Å². The second-order valence-electron chi connectivity index (χ2n) is 4.69. The van der Waals surface area contributed by atoms with Gasteiger partial charge in [-0.25, -0.2) is 0 Å². The van der Waals surface area contributed by atoms with Crippen LogP contribution in [0.1, 0.15) is 18.9 Å². The van der Waals surface area contributed by atoms with E-state index in [1.807, 2.05) is 19.2 Å². The minimum absolute atomic E-state index is 0.165. The van der Waals surface area contributed by atoms with Gasteiger partial charge in [-0.1, -0.05) is 17.7 Å². The molecule has 0 fully saturated rings. The average molecular weight is 315 g/mol. The van der Waals surface area contributed by atoms with Crippen LogP contribution in [-0.2, 0) is 16.1 Å². The Bertz CT molecular complexity index is 455. The Labute approximate surface area is 131 Å². The molecule has 0 saturated heterocycles. The first-order chi connectivity index (χ1) is 10.1. The molecule has 0 aromatic heterocycles. The number of carbonyl (C=O) groups excluding carboxylic acids is 1. The number of amides is 1. The summed E-state index contributed by atoms with van der Waals surface area (Å²) >= 11 is 6.16. The predicted molar refractivity (Wildman–Crippen MR) is 83.8 cm³/mol. The quantitative estimate of drug-likeness (QED) is 0.684. The second kappa shape index (κ2) is 9.60. The number of rotatable bonds is 9. The monoisotopic (exact) mass is 314 g/mol. The van der Waals surface area contributed by atoms with Crippen LogP contribution in [0.4, 0.5) is 0 Å². The van der Waals surface area contributed by atoms with Crippen LogP contribution in [0, 0.1) is 0 Å². The van der Waals surface area contributed by atoms with E-state index in [1.54, 1.807) is 20.1 Å². The summed E-state index contributed by atoms with van der Waals surface area (Å²) < 4.78 is 10.5. The van der Waals surface area contributed by atoms with Crippen LogP contribution in [0.5, 0.6) is 5.75 Å². The van der Waals surface area contributed by atoms with Crippen molar-refractivity contribution in [1.82, 2.24) is 10.6 Å². The van der Waals surface area contributed by atoms with E-state index in [9.17, 15) is 4.79 Å². The number of carbonyl (C=O) groups is 1. The predicted octanol–water partition coefficient (Wildman–Crippen LogP) is 1.98. The molecule has 5 nitrogen and oxygen atoms in total. The van der Waals surface area contributed by atoms with Crippen LogP contribution < -0.4 is 15.4 Å². The molecular formula is C15H23ClN2O3. The van der Waals surface area contributed by atoms with Crippen molar-refractivity contribution in [3.05, 3.63) is 28.8 Å². The van der Waals surface area contributed by atoms with Gasteiger partial charge in [0.15, 0.2) is 6.10 Å². The average Bonchev–Trinajstić information content (AvgIpc) is 2.46. The fraction of sp³-hybridized carbons (Fsp3) is 0.533. The second-order valence-corrected chi connectivity index (χ2v) is 5.10. The zero-order valence-corrected chi connectivity index (χ0v) is 13.5. The zero-order valence-electron chi connectivity index (χ0n) is 12.7. The van der Waals surface area contributed by atoms with E-state index in [1.165, 1.54) is 0 Å². The molecule has 0 heterocycles. The molecule has 21 heavy (non-hydrogen) atoms. The van der Waals surface area contributed by atoms with Crippen LogP contribution >= 0.6 is 11.6 Å². The first-order valence-electron chi connectivity index (χ1n) is 6.94. The molecule has 0 bridgehead atoms. The molecule has 0 aliphatic rings. The minimum atomic E-state index is -0.597. The summed E-state index contributed by atoms with van der Waals surface area (Å²) in [6.07, 6.45) is 0.175. The molecule has 2 N–H and O–H groups in total. The number of halogens is 1. The summed E-state index contributed by atoms with van der Waals surface area (Å²) in [4.78, 5) is 11.9. The molecule has 1 aromatic rings. The molecule has 0 spiro atoms. The molecule has 118 valence electrons. The Kier molecular flexibility index (Phi) is 8.12. The highest BCUT2D eigenvalue weighted by molar-refractivity contribution is 6.32. The molecule has 0 radical (unpaired) electrons. The third kappa shape index (κ3) is 6.33. The maximum atomic E-state index is 11.9. The van der Waals surface area contributed by atoms with Gasteiger partial charge in [-0.05, 0) is 38.1 Å². The fourth-order valence-corrected chi connectivity index (χ4v) is 2.02. The Morgan fingerprint density at radius 1 is 1.43 bits per heavy atom. The molecule has 6 heteroatoms. The Hall–Kier alpha value is -1.30. The molecule has 1 aromatic carbocycles. The maximum absolute atomic E-state index is 11.9. The van der Waals surface area contributed by atoms with Gasteiger partial charge in [0, 0.05) is 26.8 Å². The van der Waals surface area contributed by atoms with Crippen LogP contribution in [0.3, 0.4) is 0 Å². The summed E-state index contributed by atoms with van der Waals surface area (Å²) in [5, 5.41) is 6.34. The lowest BCUT2D eigenvalue weighted by atomic mass is 10.2. The van der Waals surface area contributed by atoms with Gasteiger partial charge in [-0.2, -0.15) is 0 Å². The fourth-order valence-electron chi connectivity index (χ4n) is 1.77. The molecule has 0 saturated carbocycles. The van der Waals surface area contributed by atoms with E-state index in [2.05, 4.69) is 10.6 Å². The van der Waals surface area contributed by atoms with Crippen molar-refractivity contribution in [1.29, 1.82) is 0 Å². The highest BCUT2D eigenvalue weighted by Crippen LogP contribution is 2.26. The molecule has 0 aliphatic heterocycles. The molecule has 1 unspecified atom stereocenters. The highest BCUT2D eigenvalue weighted by atomic mass is 35.5. The Morgan fingerprint density at radius 3 is 2.81 bits per heavy atom. The lowest BCUT2D eigenvalue weighted by molar-refractivity contribution is -0.127. The van der Waals surface area contributed by atoms with Crippen molar-refractivity contribution < 1.29 is 14.3 Å². The van der Waals surface area contributed by atoms with Crippen molar-refractivity contribution in [2.24, 2.45) is 0 Å². The van der Waals surface area contributed by atoms with Crippen molar-refractivity contribution in [2.45, 2.75) is 26.0 Å². The highest BCUT2D eigenvalue weighted by Gasteiger charge is 2.15. The number of hydrogen-bond donors (Lipinski definition) is 2. The molecule has 1 atom stereocenters. The van der Waals surface area contributed by atoms with Gasteiger partial charge >= 0.3 is 0 Å². The smallest absolute Gasteiger partial charge is 0.260 e. The Balaban J connectivity index is 2.50. The van der Waals surface area contributed by atoms with Gasteiger partial charge in [0.25, 0.3) is 5.91 Å². The molecular weight excluding hydrogens is 292 g/mol. The largest absolute Gasteiger partial charge is 0.479 e. The number of nitrogens with one attached hydrogen (secondary N) is 2.